The molecule has 1 amide bonds. The monoisotopic (exact) mass is 443 g/mol. The van der Waals surface area contributed by atoms with E-state index < -0.39 is 0 Å². The van der Waals surface area contributed by atoms with Gasteiger partial charge < -0.3 is 25.0 Å². The molecule has 0 aliphatic rings. The van der Waals surface area contributed by atoms with Crippen molar-refractivity contribution in [1.82, 2.24) is 15.5 Å². The summed E-state index contributed by atoms with van der Waals surface area (Å²) in [5.41, 5.74) is 0.795. The molecule has 0 bridgehead atoms. The van der Waals surface area contributed by atoms with Crippen molar-refractivity contribution in [2.75, 3.05) is 39.9 Å². The molecule has 1 aromatic carbocycles. The first kappa shape index (κ1) is 23.7. The zero-order chi connectivity index (χ0) is 20.4. The van der Waals surface area contributed by atoms with E-state index >= 15 is 0 Å². The molecule has 0 aliphatic heterocycles. The minimum absolute atomic E-state index is 0.0540. The zero-order valence-electron chi connectivity index (χ0n) is 17.4. The number of nitrogens with one attached hydrogen (secondary N) is 2. The lowest BCUT2D eigenvalue weighted by Gasteiger charge is -2.21. The number of likely N-dealkylation sites (N-methyl/N-ethyl adjacent to an activating group) is 1. The van der Waals surface area contributed by atoms with E-state index in [1.807, 2.05) is 32.9 Å². The van der Waals surface area contributed by atoms with Crippen molar-refractivity contribution in [1.29, 1.82) is 0 Å². The van der Waals surface area contributed by atoms with E-state index in [0.717, 1.165) is 42.8 Å². The molecular formula is C20H34BrN3O3. The summed E-state index contributed by atoms with van der Waals surface area (Å²) in [6.45, 7) is 14.9. The Bertz CT molecular complexity index is 599. The van der Waals surface area contributed by atoms with Crippen molar-refractivity contribution in [3.63, 3.8) is 0 Å². The number of hydrogen-bond donors (Lipinski definition) is 2. The molecule has 1 rings (SSSR count). The van der Waals surface area contributed by atoms with Gasteiger partial charge in [0.15, 0.2) is 18.1 Å². The molecule has 0 aliphatic carbocycles. The molecule has 6 nitrogen and oxygen atoms in total. The van der Waals surface area contributed by atoms with Crippen LogP contribution in [0.5, 0.6) is 11.5 Å². The Morgan fingerprint density at radius 2 is 1.85 bits per heavy atom. The molecule has 0 aromatic heterocycles. The highest BCUT2D eigenvalue weighted by Gasteiger charge is 2.16. The van der Waals surface area contributed by atoms with Gasteiger partial charge in [-0.2, -0.15) is 0 Å². The molecule has 0 spiro atoms. The average molecular weight is 444 g/mol. The highest BCUT2D eigenvalue weighted by Crippen LogP contribution is 2.33. The SMILES string of the molecule is CCN(CC)CCNCc1cc(OC)c(OCC(=O)NC(C)(C)C)cc1Br. The van der Waals surface area contributed by atoms with Crippen LogP contribution in [0.25, 0.3) is 0 Å². The standard InChI is InChI=1S/C20H34BrN3O3/c1-7-24(8-2)10-9-22-13-15-11-17(26-6)18(12-16(15)21)27-14-19(25)23-20(3,4)5/h11-12,22H,7-10,13-14H2,1-6H3,(H,23,25). The van der Waals surface area contributed by atoms with Gasteiger partial charge in [0.2, 0.25) is 0 Å². The van der Waals surface area contributed by atoms with Gasteiger partial charge in [0.05, 0.1) is 7.11 Å². The van der Waals surface area contributed by atoms with Crippen LogP contribution in [0, 0.1) is 0 Å². The molecule has 0 unspecified atom stereocenters. The Kier molecular flexibility index (Phi) is 10.1. The van der Waals surface area contributed by atoms with Crippen LogP contribution in [0.4, 0.5) is 0 Å². The van der Waals surface area contributed by atoms with Crippen molar-refractivity contribution in [3.8, 4) is 11.5 Å². The Balaban J connectivity index is 2.65. The second-order valence-electron chi connectivity index (χ2n) is 7.38. The molecule has 0 atom stereocenters. The van der Waals surface area contributed by atoms with Crippen LogP contribution in [0.15, 0.2) is 16.6 Å². The van der Waals surface area contributed by atoms with Crippen LogP contribution in [-0.4, -0.2) is 56.2 Å². The molecule has 27 heavy (non-hydrogen) atoms. The summed E-state index contributed by atoms with van der Waals surface area (Å²) < 4.78 is 12.0. The van der Waals surface area contributed by atoms with E-state index in [0.29, 0.717) is 11.5 Å². The lowest BCUT2D eigenvalue weighted by Crippen LogP contribution is -2.43. The van der Waals surface area contributed by atoms with E-state index in [1.165, 1.54) is 0 Å². The van der Waals surface area contributed by atoms with Gasteiger partial charge >= 0.3 is 0 Å². The summed E-state index contributed by atoms with van der Waals surface area (Å²) in [6, 6.07) is 3.79. The summed E-state index contributed by atoms with van der Waals surface area (Å²) >= 11 is 3.59. The molecule has 154 valence electrons. The lowest BCUT2D eigenvalue weighted by atomic mass is 10.1. The molecule has 0 heterocycles. The maximum absolute atomic E-state index is 12.0. The third-order valence-corrected chi connectivity index (χ3v) is 4.76. The molecule has 2 N–H and O–H groups in total. The quantitative estimate of drug-likeness (QED) is 0.514. The van der Waals surface area contributed by atoms with Gasteiger partial charge in [-0.05, 0) is 51.6 Å². The van der Waals surface area contributed by atoms with E-state index in [1.54, 1.807) is 7.11 Å². The fraction of sp³-hybridized carbons (Fsp3) is 0.650. The van der Waals surface area contributed by atoms with Gasteiger partial charge in [-0.1, -0.05) is 29.8 Å². The van der Waals surface area contributed by atoms with Crippen molar-refractivity contribution >= 4 is 21.8 Å². The van der Waals surface area contributed by atoms with Gasteiger partial charge in [0.1, 0.15) is 0 Å². The summed E-state index contributed by atoms with van der Waals surface area (Å²) in [7, 11) is 1.60. The Morgan fingerprint density at radius 1 is 1.19 bits per heavy atom. The molecule has 0 radical (unpaired) electrons. The summed E-state index contributed by atoms with van der Waals surface area (Å²) in [5.74, 6) is 0.991. The van der Waals surface area contributed by atoms with Crippen molar-refractivity contribution in [2.45, 2.75) is 46.7 Å². The molecular weight excluding hydrogens is 410 g/mol. The van der Waals surface area contributed by atoms with Gasteiger partial charge in [0, 0.05) is 29.6 Å². The predicted octanol–water partition coefficient (Wildman–Crippen LogP) is 3.18. The number of benzene rings is 1. The minimum atomic E-state index is -0.286. The van der Waals surface area contributed by atoms with E-state index in [4.69, 9.17) is 9.47 Å². The third-order valence-electron chi connectivity index (χ3n) is 4.02. The van der Waals surface area contributed by atoms with Gasteiger partial charge in [-0.25, -0.2) is 0 Å². The fourth-order valence-electron chi connectivity index (χ4n) is 2.58. The number of hydrogen-bond acceptors (Lipinski definition) is 5. The van der Waals surface area contributed by atoms with Crippen LogP contribution in [0.1, 0.15) is 40.2 Å². The molecule has 0 saturated heterocycles. The number of carbonyl (C=O) groups is 1. The van der Waals surface area contributed by atoms with Crippen molar-refractivity contribution < 1.29 is 14.3 Å². The van der Waals surface area contributed by atoms with E-state index in [-0.39, 0.29) is 18.1 Å². The van der Waals surface area contributed by atoms with Crippen LogP contribution in [0.3, 0.4) is 0 Å². The Hall–Kier alpha value is -1.31. The third kappa shape index (κ3) is 8.95. The molecule has 0 saturated carbocycles. The minimum Gasteiger partial charge on any atom is -0.493 e. The number of nitrogens with zero attached hydrogens (tertiary/aromatic N) is 1. The first-order valence-electron chi connectivity index (χ1n) is 9.43. The number of carbonyl (C=O) groups excluding carboxylic acids is 1. The molecule has 7 heteroatoms. The smallest absolute Gasteiger partial charge is 0.258 e. The second-order valence-corrected chi connectivity index (χ2v) is 8.24. The maximum atomic E-state index is 12.0. The Labute approximate surface area is 172 Å². The maximum Gasteiger partial charge on any atom is 0.258 e. The number of methoxy groups -OCH3 is 1. The first-order chi connectivity index (χ1) is 12.7. The van der Waals surface area contributed by atoms with Crippen molar-refractivity contribution in [3.05, 3.63) is 22.2 Å². The lowest BCUT2D eigenvalue weighted by molar-refractivity contribution is -0.124. The highest BCUT2D eigenvalue weighted by molar-refractivity contribution is 9.10. The summed E-state index contributed by atoms with van der Waals surface area (Å²) in [6.07, 6.45) is 0. The van der Waals surface area contributed by atoms with Gasteiger partial charge in [-0.3, -0.25) is 4.79 Å². The van der Waals surface area contributed by atoms with Crippen molar-refractivity contribution in [2.24, 2.45) is 0 Å². The highest BCUT2D eigenvalue weighted by atomic mass is 79.9. The number of rotatable bonds is 11. The zero-order valence-corrected chi connectivity index (χ0v) is 19.0. The van der Waals surface area contributed by atoms with Crippen LogP contribution < -0.4 is 20.1 Å². The predicted molar refractivity (Wildman–Crippen MR) is 114 cm³/mol. The van der Waals surface area contributed by atoms with Crippen LogP contribution in [-0.2, 0) is 11.3 Å². The summed E-state index contributed by atoms with van der Waals surface area (Å²) in [5, 5.41) is 6.33. The number of ether oxygens (including phenoxy) is 2. The Morgan fingerprint density at radius 3 is 2.41 bits per heavy atom. The summed E-state index contributed by atoms with van der Waals surface area (Å²) in [4.78, 5) is 14.3. The second kappa shape index (κ2) is 11.5. The molecule has 0 fully saturated rings. The average Bonchev–Trinajstić information content (AvgIpc) is 2.59. The van der Waals surface area contributed by atoms with Crippen LogP contribution in [0.2, 0.25) is 0 Å². The van der Waals surface area contributed by atoms with Gasteiger partial charge in [-0.15, -0.1) is 0 Å². The number of amides is 1. The number of halogens is 1. The van der Waals surface area contributed by atoms with Crippen LogP contribution >= 0.6 is 15.9 Å². The largest absolute Gasteiger partial charge is 0.493 e. The van der Waals surface area contributed by atoms with E-state index in [9.17, 15) is 4.79 Å². The van der Waals surface area contributed by atoms with E-state index in [2.05, 4.69) is 45.3 Å². The topological polar surface area (TPSA) is 62.8 Å². The first-order valence-corrected chi connectivity index (χ1v) is 10.2. The normalized spacial score (nSPS) is 11.6. The molecule has 1 aromatic rings. The van der Waals surface area contributed by atoms with Gasteiger partial charge in [0.25, 0.3) is 5.91 Å². The fourth-order valence-corrected chi connectivity index (χ4v) is 3.05.